The zero-order valence-electron chi connectivity index (χ0n) is 6.53. The van der Waals surface area contributed by atoms with Crippen molar-refractivity contribution in [2.45, 2.75) is 0 Å². The maximum absolute atomic E-state index is 5.14. The predicted octanol–water partition coefficient (Wildman–Crippen LogP) is 2.30. The summed E-state index contributed by atoms with van der Waals surface area (Å²) in [5, 5.41) is 2.35. The molecule has 0 aliphatic heterocycles. The Kier molecular flexibility index (Phi) is 2.04. The van der Waals surface area contributed by atoms with Crippen molar-refractivity contribution in [1.82, 2.24) is 0 Å². The first-order chi connectivity index (χ1) is 5.92. The van der Waals surface area contributed by atoms with E-state index in [1.165, 1.54) is 5.39 Å². The second-order valence-corrected chi connectivity index (χ2v) is 2.83. The summed E-state index contributed by atoms with van der Waals surface area (Å²) in [4.78, 5) is 0. The summed E-state index contributed by atoms with van der Waals surface area (Å²) in [6.45, 7) is 0. The van der Waals surface area contributed by atoms with Gasteiger partial charge in [-0.3, -0.25) is 0 Å². The van der Waals surface area contributed by atoms with Gasteiger partial charge in [0.25, 0.3) is 0 Å². The molecule has 2 heteroatoms. The van der Waals surface area contributed by atoms with Crippen molar-refractivity contribution in [3.8, 4) is 5.75 Å². The molecule has 2 aromatic carbocycles. The molecule has 0 atom stereocenters. The van der Waals surface area contributed by atoms with Crippen LogP contribution in [0.25, 0.3) is 10.8 Å². The normalized spacial score (nSPS) is 10.0. The third-order valence-electron chi connectivity index (χ3n) is 1.88. The highest BCUT2D eigenvalue weighted by molar-refractivity contribution is 6.02. The van der Waals surface area contributed by atoms with Crippen LogP contribution < -0.4 is 3.79 Å². The van der Waals surface area contributed by atoms with Crippen molar-refractivity contribution >= 4 is 27.4 Å². The summed E-state index contributed by atoms with van der Waals surface area (Å²) >= 11 is 2.27. The summed E-state index contributed by atoms with van der Waals surface area (Å²) in [6.07, 6.45) is 0. The molecule has 0 aromatic heterocycles. The monoisotopic (exact) mass is 170 g/mol. The van der Waals surface area contributed by atoms with Crippen LogP contribution in [0.3, 0.4) is 0 Å². The molecule has 2 radical (unpaired) electrons. The molecular formula is C10H7AlO. The third kappa shape index (κ3) is 1.20. The van der Waals surface area contributed by atoms with Crippen molar-refractivity contribution in [1.29, 1.82) is 0 Å². The van der Waals surface area contributed by atoms with Crippen LogP contribution in [-0.4, -0.2) is 16.6 Å². The number of rotatable bonds is 1. The van der Waals surface area contributed by atoms with Crippen molar-refractivity contribution in [2.24, 2.45) is 0 Å². The zero-order chi connectivity index (χ0) is 8.39. The Morgan fingerprint density at radius 2 is 1.67 bits per heavy atom. The highest BCUT2D eigenvalue weighted by Crippen LogP contribution is 2.23. The van der Waals surface area contributed by atoms with E-state index in [0.29, 0.717) is 0 Å². The van der Waals surface area contributed by atoms with Gasteiger partial charge in [-0.05, 0) is 11.5 Å². The summed E-state index contributed by atoms with van der Waals surface area (Å²) in [5.74, 6) is 0.901. The molecule has 0 N–H and O–H groups in total. The molecule has 0 aliphatic carbocycles. The van der Waals surface area contributed by atoms with Crippen molar-refractivity contribution in [3.05, 3.63) is 42.5 Å². The fourth-order valence-corrected chi connectivity index (χ4v) is 1.50. The van der Waals surface area contributed by atoms with Gasteiger partial charge in [-0.15, -0.1) is 0 Å². The maximum atomic E-state index is 5.14. The second kappa shape index (κ2) is 3.18. The molecule has 0 aliphatic rings. The minimum atomic E-state index is 0.901. The molecule has 1 nitrogen and oxygen atoms in total. The van der Waals surface area contributed by atoms with Crippen LogP contribution in [0.1, 0.15) is 0 Å². The lowest BCUT2D eigenvalue weighted by molar-refractivity contribution is 0.624. The number of fused-ring (bicyclic) bond motifs is 1. The molecule has 12 heavy (non-hydrogen) atoms. The van der Waals surface area contributed by atoms with E-state index < -0.39 is 0 Å². The minimum absolute atomic E-state index is 0.901. The van der Waals surface area contributed by atoms with E-state index in [4.69, 9.17) is 3.79 Å². The van der Waals surface area contributed by atoms with Gasteiger partial charge < -0.3 is 3.79 Å². The highest BCUT2D eigenvalue weighted by Gasteiger charge is 1.96. The fourth-order valence-electron chi connectivity index (χ4n) is 1.30. The first-order valence-corrected chi connectivity index (χ1v) is 4.23. The summed E-state index contributed by atoms with van der Waals surface area (Å²) in [6, 6.07) is 14.2. The van der Waals surface area contributed by atoms with Gasteiger partial charge in [0.05, 0.1) is 5.75 Å². The lowest BCUT2D eigenvalue weighted by Gasteiger charge is -2.05. The molecule has 2 aromatic rings. The molecule has 0 saturated carbocycles. The van der Waals surface area contributed by atoms with Crippen LogP contribution in [-0.2, 0) is 0 Å². The Morgan fingerprint density at radius 1 is 0.917 bits per heavy atom. The van der Waals surface area contributed by atoms with E-state index in [9.17, 15) is 0 Å². The van der Waals surface area contributed by atoms with Crippen LogP contribution >= 0.6 is 0 Å². The van der Waals surface area contributed by atoms with Crippen LogP contribution in [0.4, 0.5) is 0 Å². The molecule has 0 heterocycles. The van der Waals surface area contributed by atoms with Gasteiger partial charge in [0, 0.05) is 5.39 Å². The first-order valence-electron chi connectivity index (χ1n) is 3.76. The van der Waals surface area contributed by atoms with Crippen LogP contribution in [0.15, 0.2) is 42.5 Å². The quantitative estimate of drug-likeness (QED) is 0.596. The van der Waals surface area contributed by atoms with Gasteiger partial charge >= 0.3 is 16.6 Å². The molecule has 0 fully saturated rings. The predicted molar refractivity (Wildman–Crippen MR) is 50.3 cm³/mol. The average molecular weight is 170 g/mol. The van der Waals surface area contributed by atoms with E-state index in [1.807, 2.05) is 24.3 Å². The first kappa shape index (κ1) is 7.67. The van der Waals surface area contributed by atoms with E-state index in [2.05, 4.69) is 34.8 Å². The van der Waals surface area contributed by atoms with Gasteiger partial charge in [-0.1, -0.05) is 36.4 Å². The maximum Gasteiger partial charge on any atom is 0.482 e. The SMILES string of the molecule is [Al][O]c1cccc2ccccc12. The van der Waals surface area contributed by atoms with Crippen LogP contribution in [0.2, 0.25) is 0 Å². The van der Waals surface area contributed by atoms with Crippen LogP contribution in [0, 0.1) is 0 Å². The average Bonchev–Trinajstić information content (AvgIpc) is 2.17. The highest BCUT2D eigenvalue weighted by atomic mass is 27.1. The van der Waals surface area contributed by atoms with Gasteiger partial charge in [-0.25, -0.2) is 0 Å². The van der Waals surface area contributed by atoms with Crippen molar-refractivity contribution in [3.63, 3.8) is 0 Å². The standard InChI is InChI=1S/C10H8O.Al/c11-10-7-3-5-8-4-1-2-6-9(8)10;/h1-7,11H;/q;+1/p-1. The van der Waals surface area contributed by atoms with E-state index in [0.717, 1.165) is 11.1 Å². The fraction of sp³-hybridized carbons (Fsp3) is 0. The molecule has 0 bridgehead atoms. The Labute approximate surface area is 79.7 Å². The molecule has 0 amide bonds. The van der Waals surface area contributed by atoms with E-state index in [-0.39, 0.29) is 0 Å². The largest absolute Gasteiger partial charge is 0.653 e. The number of benzene rings is 2. The summed E-state index contributed by atoms with van der Waals surface area (Å²) in [7, 11) is 0. The Hall–Kier alpha value is -0.968. The van der Waals surface area contributed by atoms with E-state index >= 15 is 0 Å². The topological polar surface area (TPSA) is 9.23 Å². The lowest BCUT2D eigenvalue weighted by Crippen LogP contribution is -1.85. The zero-order valence-corrected chi connectivity index (χ0v) is 7.68. The van der Waals surface area contributed by atoms with E-state index in [1.54, 1.807) is 0 Å². The Bertz CT molecular complexity index is 392. The van der Waals surface area contributed by atoms with Gasteiger partial charge in [0.15, 0.2) is 0 Å². The molecule has 0 saturated heterocycles. The van der Waals surface area contributed by atoms with Crippen LogP contribution in [0.5, 0.6) is 5.75 Å². The number of hydrogen-bond donors (Lipinski definition) is 0. The molecule has 2 rings (SSSR count). The molecule has 56 valence electrons. The third-order valence-corrected chi connectivity index (χ3v) is 2.13. The summed E-state index contributed by atoms with van der Waals surface area (Å²) in [5.41, 5.74) is 0. The molecule has 0 unspecified atom stereocenters. The summed E-state index contributed by atoms with van der Waals surface area (Å²) < 4.78 is 5.14. The second-order valence-electron chi connectivity index (χ2n) is 2.60. The number of hydrogen-bond acceptors (Lipinski definition) is 1. The Morgan fingerprint density at radius 3 is 2.50 bits per heavy atom. The lowest BCUT2D eigenvalue weighted by atomic mass is 10.1. The molecular weight excluding hydrogens is 163 g/mol. The van der Waals surface area contributed by atoms with Gasteiger partial charge in [0.2, 0.25) is 0 Å². The van der Waals surface area contributed by atoms with Gasteiger partial charge in [0.1, 0.15) is 0 Å². The minimum Gasteiger partial charge on any atom is -0.653 e. The van der Waals surface area contributed by atoms with Gasteiger partial charge in [-0.2, -0.15) is 0 Å². The smallest absolute Gasteiger partial charge is 0.482 e. The molecule has 0 spiro atoms. The van der Waals surface area contributed by atoms with Crippen molar-refractivity contribution < 1.29 is 3.79 Å². The Balaban J connectivity index is 2.79. The van der Waals surface area contributed by atoms with Crippen molar-refractivity contribution in [2.75, 3.05) is 0 Å².